The lowest BCUT2D eigenvalue weighted by Crippen LogP contribution is -1.93. The van der Waals surface area contributed by atoms with Gasteiger partial charge in [0.1, 0.15) is 0 Å². The Morgan fingerprint density at radius 1 is 1.00 bits per heavy atom. The van der Waals surface area contributed by atoms with Gasteiger partial charge in [-0.1, -0.05) is 25.7 Å². The predicted molar refractivity (Wildman–Crippen MR) is 63.8 cm³/mol. The van der Waals surface area contributed by atoms with Crippen LogP contribution in [-0.4, -0.2) is 15.3 Å². The fourth-order valence-electron chi connectivity index (χ4n) is 1.53. The molecule has 0 atom stereocenters. The van der Waals surface area contributed by atoms with Crippen molar-refractivity contribution in [3.8, 4) is 0 Å². The second kappa shape index (κ2) is 7.92. The van der Waals surface area contributed by atoms with Crippen molar-refractivity contribution >= 4 is 12.6 Å². The van der Waals surface area contributed by atoms with Crippen molar-refractivity contribution in [1.29, 1.82) is 0 Å². The molecule has 0 bridgehead atoms. The lowest BCUT2D eigenvalue weighted by molar-refractivity contribution is 0.558. The molecule has 14 heavy (non-hydrogen) atoms. The molecule has 0 amide bonds. The molecule has 0 aromatic carbocycles. The number of aryl methyl sites for hydroxylation is 1. The Bertz CT molecular complexity index is 209. The van der Waals surface area contributed by atoms with Crippen molar-refractivity contribution in [2.24, 2.45) is 0 Å². The van der Waals surface area contributed by atoms with Crippen LogP contribution in [0.5, 0.6) is 0 Å². The number of hydrogen-bond acceptors (Lipinski definition) is 2. The van der Waals surface area contributed by atoms with Gasteiger partial charge in [-0.2, -0.15) is 12.6 Å². The van der Waals surface area contributed by atoms with Gasteiger partial charge in [0.15, 0.2) is 0 Å². The molecule has 0 aliphatic heterocycles. The van der Waals surface area contributed by atoms with E-state index in [1.165, 1.54) is 38.5 Å². The van der Waals surface area contributed by atoms with Crippen LogP contribution >= 0.6 is 12.6 Å². The normalized spacial score (nSPS) is 10.6. The molecule has 0 saturated heterocycles. The number of hydrogen-bond donors (Lipinski definition) is 1. The number of rotatable bonds is 8. The minimum atomic E-state index is 1.04. The van der Waals surface area contributed by atoms with E-state index in [4.69, 9.17) is 0 Å². The first-order valence-corrected chi connectivity index (χ1v) is 6.13. The molecule has 0 unspecified atom stereocenters. The molecular weight excluding hydrogens is 192 g/mol. The second-order valence-electron chi connectivity index (χ2n) is 3.65. The van der Waals surface area contributed by atoms with Crippen LogP contribution in [0.2, 0.25) is 0 Å². The standard InChI is InChI=1S/C11H20N2S/c14-10-6-4-2-1-3-5-8-13-9-7-12-11-13/h7,9,11,14H,1-6,8,10H2. The predicted octanol–water partition coefficient (Wildman–Crippen LogP) is 3.15. The molecule has 0 saturated carbocycles. The van der Waals surface area contributed by atoms with E-state index in [1.807, 2.05) is 18.7 Å². The molecule has 0 aliphatic carbocycles. The Morgan fingerprint density at radius 2 is 1.71 bits per heavy atom. The topological polar surface area (TPSA) is 17.8 Å². The molecule has 0 N–H and O–H groups in total. The third kappa shape index (κ3) is 5.32. The van der Waals surface area contributed by atoms with Gasteiger partial charge >= 0.3 is 0 Å². The highest BCUT2D eigenvalue weighted by Gasteiger charge is 1.92. The van der Waals surface area contributed by atoms with Crippen molar-refractivity contribution in [2.75, 3.05) is 5.75 Å². The van der Waals surface area contributed by atoms with E-state index in [1.54, 1.807) is 0 Å². The van der Waals surface area contributed by atoms with Crippen LogP contribution < -0.4 is 0 Å². The maximum absolute atomic E-state index is 4.19. The minimum absolute atomic E-state index is 1.04. The summed E-state index contributed by atoms with van der Waals surface area (Å²) in [7, 11) is 0. The van der Waals surface area contributed by atoms with Crippen LogP contribution in [0.15, 0.2) is 18.7 Å². The molecule has 1 aromatic rings. The number of unbranched alkanes of at least 4 members (excludes halogenated alkanes) is 5. The Hall–Kier alpha value is -0.440. The lowest BCUT2D eigenvalue weighted by Gasteiger charge is -2.02. The maximum Gasteiger partial charge on any atom is 0.0945 e. The summed E-state index contributed by atoms with van der Waals surface area (Å²) in [5.74, 6) is 1.04. The molecule has 3 heteroatoms. The van der Waals surface area contributed by atoms with E-state index in [2.05, 4.69) is 22.2 Å². The highest BCUT2D eigenvalue weighted by atomic mass is 32.1. The van der Waals surface area contributed by atoms with E-state index < -0.39 is 0 Å². The summed E-state index contributed by atoms with van der Waals surface area (Å²) in [6.45, 7) is 1.12. The van der Waals surface area contributed by atoms with Crippen LogP contribution in [0, 0.1) is 0 Å². The quantitative estimate of drug-likeness (QED) is 0.517. The van der Waals surface area contributed by atoms with E-state index >= 15 is 0 Å². The molecule has 2 nitrogen and oxygen atoms in total. The second-order valence-corrected chi connectivity index (χ2v) is 4.09. The zero-order valence-corrected chi connectivity index (χ0v) is 9.62. The summed E-state index contributed by atoms with van der Waals surface area (Å²) >= 11 is 4.19. The van der Waals surface area contributed by atoms with Crippen molar-refractivity contribution in [2.45, 2.75) is 45.1 Å². The molecule has 0 fully saturated rings. The van der Waals surface area contributed by atoms with Crippen molar-refractivity contribution in [3.63, 3.8) is 0 Å². The van der Waals surface area contributed by atoms with Gasteiger partial charge in [-0.3, -0.25) is 0 Å². The van der Waals surface area contributed by atoms with Gasteiger partial charge in [-0.25, -0.2) is 4.98 Å². The summed E-state index contributed by atoms with van der Waals surface area (Å²) in [6, 6.07) is 0. The third-order valence-corrected chi connectivity index (χ3v) is 2.70. The largest absolute Gasteiger partial charge is 0.337 e. The fraction of sp³-hybridized carbons (Fsp3) is 0.727. The number of nitrogens with zero attached hydrogens (tertiary/aromatic N) is 2. The van der Waals surface area contributed by atoms with Crippen molar-refractivity contribution < 1.29 is 0 Å². The van der Waals surface area contributed by atoms with Crippen LogP contribution in [0.25, 0.3) is 0 Å². The Morgan fingerprint density at radius 3 is 2.36 bits per heavy atom. The monoisotopic (exact) mass is 212 g/mol. The Balaban J connectivity index is 1.85. The van der Waals surface area contributed by atoms with Gasteiger partial charge in [0.25, 0.3) is 0 Å². The van der Waals surface area contributed by atoms with Crippen LogP contribution in [0.1, 0.15) is 38.5 Å². The summed E-state index contributed by atoms with van der Waals surface area (Å²) in [4.78, 5) is 4.02. The number of imidazole rings is 1. The average Bonchev–Trinajstić information content (AvgIpc) is 2.69. The summed E-state index contributed by atoms with van der Waals surface area (Å²) in [5, 5.41) is 0. The zero-order chi connectivity index (χ0) is 10.1. The van der Waals surface area contributed by atoms with E-state index in [-0.39, 0.29) is 0 Å². The zero-order valence-electron chi connectivity index (χ0n) is 8.73. The Labute approximate surface area is 92.1 Å². The lowest BCUT2D eigenvalue weighted by atomic mass is 10.1. The van der Waals surface area contributed by atoms with Gasteiger partial charge < -0.3 is 4.57 Å². The molecule has 80 valence electrons. The molecule has 1 heterocycles. The Kier molecular flexibility index (Phi) is 6.58. The first kappa shape index (κ1) is 11.6. The van der Waals surface area contributed by atoms with E-state index in [0.717, 1.165) is 12.3 Å². The first-order valence-electron chi connectivity index (χ1n) is 5.50. The van der Waals surface area contributed by atoms with Gasteiger partial charge in [0.2, 0.25) is 0 Å². The third-order valence-electron chi connectivity index (χ3n) is 2.38. The van der Waals surface area contributed by atoms with Crippen LogP contribution in [0.3, 0.4) is 0 Å². The smallest absolute Gasteiger partial charge is 0.0945 e. The molecule has 0 spiro atoms. The van der Waals surface area contributed by atoms with E-state index in [9.17, 15) is 0 Å². The highest BCUT2D eigenvalue weighted by Crippen LogP contribution is 2.06. The summed E-state index contributed by atoms with van der Waals surface area (Å²) in [6.07, 6.45) is 13.7. The molecule has 0 radical (unpaired) electrons. The van der Waals surface area contributed by atoms with Crippen molar-refractivity contribution in [1.82, 2.24) is 9.55 Å². The van der Waals surface area contributed by atoms with E-state index in [0.29, 0.717) is 0 Å². The average molecular weight is 212 g/mol. The summed E-state index contributed by atoms with van der Waals surface area (Å²) < 4.78 is 2.15. The summed E-state index contributed by atoms with van der Waals surface area (Å²) in [5.41, 5.74) is 0. The SMILES string of the molecule is SCCCCCCCCn1ccnc1. The molecule has 0 aliphatic rings. The van der Waals surface area contributed by atoms with Crippen molar-refractivity contribution in [3.05, 3.63) is 18.7 Å². The van der Waals surface area contributed by atoms with Gasteiger partial charge in [-0.05, 0) is 18.6 Å². The van der Waals surface area contributed by atoms with Crippen LogP contribution in [0.4, 0.5) is 0 Å². The van der Waals surface area contributed by atoms with Gasteiger partial charge in [0.05, 0.1) is 6.33 Å². The fourth-order valence-corrected chi connectivity index (χ4v) is 1.76. The molecule has 1 rings (SSSR count). The minimum Gasteiger partial charge on any atom is -0.337 e. The maximum atomic E-state index is 4.19. The molecule has 1 aromatic heterocycles. The first-order chi connectivity index (χ1) is 6.93. The van der Waals surface area contributed by atoms with Gasteiger partial charge in [-0.15, -0.1) is 0 Å². The highest BCUT2D eigenvalue weighted by molar-refractivity contribution is 7.80. The number of aromatic nitrogens is 2. The number of thiol groups is 1. The molecular formula is C11H20N2S. The van der Waals surface area contributed by atoms with Crippen LogP contribution in [-0.2, 0) is 6.54 Å². The van der Waals surface area contributed by atoms with Gasteiger partial charge in [0, 0.05) is 18.9 Å².